The van der Waals surface area contributed by atoms with Crippen LogP contribution in [0.15, 0.2) is 98.1 Å². The maximum Gasteiger partial charge on any atom is 0.276 e. The second kappa shape index (κ2) is 17.8. The first-order valence-corrected chi connectivity index (χ1v) is 22.3. The van der Waals surface area contributed by atoms with Crippen LogP contribution in [0.2, 0.25) is 5.02 Å². The van der Waals surface area contributed by atoms with Crippen LogP contribution in [0.25, 0.3) is 0 Å². The van der Waals surface area contributed by atoms with E-state index in [1.807, 2.05) is 12.5 Å². The minimum atomic E-state index is -0.837. The molecule has 0 unspecified atom stereocenters. The van der Waals surface area contributed by atoms with E-state index in [-0.39, 0.29) is 50.8 Å². The Morgan fingerprint density at radius 1 is 0.508 bits per heavy atom. The van der Waals surface area contributed by atoms with Gasteiger partial charge in [0.2, 0.25) is 0 Å². The SMILES string of the molecule is CC1(C)NC(=O)c2c(Cl)cc(Nc3ccncn3)c(=O)n21.CSc1cc(Nc2ccncn2)c(=O)n2c1C(=O)NC2(C)C.CSc1cc(Nc2ccncn2)c(=O)n2c1C(=O)NC2(C)C. The molecular formula is C41H42ClN15O6S2. The number of nitrogens with one attached hydrogen (secondary N) is 6. The molecule has 0 aromatic carbocycles. The van der Waals surface area contributed by atoms with Gasteiger partial charge in [0.25, 0.3) is 34.4 Å². The van der Waals surface area contributed by atoms with Crippen LogP contribution >= 0.6 is 35.1 Å². The van der Waals surface area contributed by atoms with E-state index < -0.39 is 17.0 Å². The molecule has 3 amide bonds. The van der Waals surface area contributed by atoms with Crippen molar-refractivity contribution in [1.29, 1.82) is 0 Å². The molecule has 6 aromatic heterocycles. The van der Waals surface area contributed by atoms with Crippen LogP contribution < -0.4 is 48.6 Å². The highest BCUT2D eigenvalue weighted by Gasteiger charge is 2.40. The van der Waals surface area contributed by atoms with E-state index in [0.29, 0.717) is 40.2 Å². The minimum absolute atomic E-state index is 0.167. The highest BCUT2D eigenvalue weighted by Crippen LogP contribution is 2.33. The summed E-state index contributed by atoms with van der Waals surface area (Å²) in [5, 5.41) is 17.4. The Balaban J connectivity index is 0.000000145. The van der Waals surface area contributed by atoms with Gasteiger partial charge < -0.3 is 31.9 Å². The summed E-state index contributed by atoms with van der Waals surface area (Å²) in [6.45, 7) is 10.6. The highest BCUT2D eigenvalue weighted by atomic mass is 35.5. The fourth-order valence-electron chi connectivity index (χ4n) is 7.28. The second-order valence-electron chi connectivity index (χ2n) is 15.8. The Labute approximate surface area is 383 Å². The molecule has 0 fully saturated rings. The molecule has 0 bridgehead atoms. The van der Waals surface area contributed by atoms with Gasteiger partial charge in [-0.25, -0.2) is 29.9 Å². The zero-order valence-corrected chi connectivity index (χ0v) is 38.5. The number of pyridine rings is 3. The van der Waals surface area contributed by atoms with Crippen molar-refractivity contribution in [3.05, 3.63) is 127 Å². The molecule has 21 nitrogen and oxygen atoms in total. The van der Waals surface area contributed by atoms with E-state index in [4.69, 9.17) is 11.6 Å². The lowest BCUT2D eigenvalue weighted by Gasteiger charge is -2.22. The lowest BCUT2D eigenvalue weighted by atomic mass is 10.2. The van der Waals surface area contributed by atoms with Crippen LogP contribution in [0, 0.1) is 0 Å². The minimum Gasteiger partial charge on any atom is -0.336 e. The topological polar surface area (TPSA) is 267 Å². The van der Waals surface area contributed by atoms with Crippen molar-refractivity contribution in [2.45, 2.75) is 68.3 Å². The number of rotatable bonds is 8. The maximum atomic E-state index is 12.8. The van der Waals surface area contributed by atoms with Crippen molar-refractivity contribution in [3.8, 4) is 0 Å². The molecule has 0 atom stereocenters. The predicted octanol–water partition coefficient (Wildman–Crippen LogP) is 4.55. The summed E-state index contributed by atoms with van der Waals surface area (Å²) in [6.07, 6.45) is 12.6. The third-order valence-corrected chi connectivity index (χ3v) is 11.8. The quantitative estimate of drug-likeness (QED) is 0.114. The van der Waals surface area contributed by atoms with Gasteiger partial charge in [-0.05, 0) is 90.5 Å². The first-order valence-electron chi connectivity index (χ1n) is 19.5. The number of thioether (sulfide) groups is 2. The summed E-state index contributed by atoms with van der Waals surface area (Å²) in [5.74, 6) is 0.675. The number of carbonyl (C=O) groups excluding carboxylic acids is 3. The van der Waals surface area contributed by atoms with Gasteiger partial charge in [-0.1, -0.05) is 11.6 Å². The van der Waals surface area contributed by atoms with E-state index in [0.717, 1.165) is 9.79 Å². The van der Waals surface area contributed by atoms with Crippen LogP contribution in [-0.2, 0) is 17.0 Å². The molecule has 3 aliphatic rings. The Hall–Kier alpha value is -7.11. The number of hydrogen-bond acceptors (Lipinski definition) is 17. The van der Waals surface area contributed by atoms with Crippen LogP contribution in [0.1, 0.15) is 73.0 Å². The van der Waals surface area contributed by atoms with Crippen molar-refractivity contribution < 1.29 is 14.4 Å². The van der Waals surface area contributed by atoms with Crippen LogP contribution in [-0.4, -0.2) is 73.8 Å². The lowest BCUT2D eigenvalue weighted by molar-refractivity contribution is 0.0924. The predicted molar refractivity (Wildman–Crippen MR) is 247 cm³/mol. The Morgan fingerprint density at radius 3 is 1.12 bits per heavy atom. The molecule has 9 rings (SSSR count). The van der Waals surface area contributed by atoms with Crippen LogP contribution in [0.5, 0.6) is 0 Å². The average molecular weight is 940 g/mol. The van der Waals surface area contributed by atoms with Crippen LogP contribution in [0.3, 0.4) is 0 Å². The smallest absolute Gasteiger partial charge is 0.276 e. The zero-order chi connectivity index (χ0) is 47.0. The average Bonchev–Trinajstić information content (AvgIpc) is 3.78. The van der Waals surface area contributed by atoms with E-state index in [1.165, 1.54) is 62.3 Å². The Morgan fingerprint density at radius 2 is 0.815 bits per heavy atom. The lowest BCUT2D eigenvalue weighted by Crippen LogP contribution is -2.42. The molecule has 9 heterocycles. The number of amides is 3. The number of nitrogens with zero attached hydrogens (tertiary/aromatic N) is 9. The molecule has 6 aromatic rings. The van der Waals surface area contributed by atoms with E-state index in [2.05, 4.69) is 61.8 Å². The molecule has 6 N–H and O–H groups in total. The van der Waals surface area contributed by atoms with Gasteiger partial charge >= 0.3 is 0 Å². The molecule has 0 saturated carbocycles. The number of hydrogen-bond donors (Lipinski definition) is 6. The first-order chi connectivity index (χ1) is 30.8. The first kappa shape index (κ1) is 45.9. The summed E-state index contributed by atoms with van der Waals surface area (Å²) in [4.78, 5) is 99.4. The van der Waals surface area contributed by atoms with Gasteiger partial charge in [-0.3, -0.25) is 42.5 Å². The molecule has 65 heavy (non-hydrogen) atoms. The highest BCUT2D eigenvalue weighted by molar-refractivity contribution is 7.99. The van der Waals surface area contributed by atoms with Crippen molar-refractivity contribution in [1.82, 2.24) is 59.6 Å². The standard InChI is InChI=1S/2C14H15N5O2S.C13H12ClN5O2/c2*1-14(2)18-12(20)11-9(22-3)6-8(13(21)19(11)14)17-10-4-5-15-7-16-10;1-13(2)18-11(20)10-7(14)5-8(12(21)19(10)13)17-9-3-4-15-6-16-9/h2*4-7H,1-3H3,(H,18,20)(H,15,16,17);3-6H,1-2H3,(H,18,20)(H,15,16,17). The molecule has 0 aliphatic carbocycles. The molecule has 3 aliphatic heterocycles. The van der Waals surface area contributed by atoms with Gasteiger partial charge in [0, 0.05) is 28.4 Å². The van der Waals surface area contributed by atoms with Crippen molar-refractivity contribution in [2.24, 2.45) is 0 Å². The molecule has 24 heteroatoms. The largest absolute Gasteiger partial charge is 0.336 e. The Bertz CT molecular complexity index is 2900. The van der Waals surface area contributed by atoms with E-state index in [9.17, 15) is 28.8 Å². The van der Waals surface area contributed by atoms with E-state index >= 15 is 0 Å². The molecule has 0 spiro atoms. The summed E-state index contributed by atoms with van der Waals surface area (Å²) < 4.78 is 4.33. The molecular weight excluding hydrogens is 898 g/mol. The van der Waals surface area contributed by atoms with Gasteiger partial charge in [-0.2, -0.15) is 0 Å². The summed E-state index contributed by atoms with van der Waals surface area (Å²) in [5.41, 5.74) is -1.31. The number of fused-ring (bicyclic) bond motifs is 3. The number of anilines is 6. The molecule has 336 valence electrons. The number of carbonyl (C=O) groups is 3. The van der Waals surface area contributed by atoms with Gasteiger partial charge in [0.1, 0.15) is 87.6 Å². The van der Waals surface area contributed by atoms with Gasteiger partial charge in [0.05, 0.1) is 5.02 Å². The summed E-state index contributed by atoms with van der Waals surface area (Å²) >= 11 is 8.98. The summed E-state index contributed by atoms with van der Waals surface area (Å²) in [6, 6.07) is 9.76. The van der Waals surface area contributed by atoms with Crippen molar-refractivity contribution in [2.75, 3.05) is 28.5 Å². The third-order valence-electron chi connectivity index (χ3n) is 10.0. The van der Waals surface area contributed by atoms with Gasteiger partial charge in [-0.15, -0.1) is 23.5 Å². The maximum absolute atomic E-state index is 12.8. The van der Waals surface area contributed by atoms with Crippen molar-refractivity contribution >= 4 is 87.4 Å². The van der Waals surface area contributed by atoms with Crippen molar-refractivity contribution in [3.63, 3.8) is 0 Å². The number of halogens is 1. The molecule has 0 radical (unpaired) electrons. The summed E-state index contributed by atoms with van der Waals surface area (Å²) in [7, 11) is 0. The molecule has 0 saturated heterocycles. The normalized spacial score (nSPS) is 15.4. The Kier molecular flexibility index (Phi) is 12.6. The fourth-order valence-corrected chi connectivity index (χ4v) is 8.78. The monoisotopic (exact) mass is 939 g/mol. The van der Waals surface area contributed by atoms with Crippen LogP contribution in [0.4, 0.5) is 34.5 Å². The third kappa shape index (κ3) is 9.01. The number of aromatic nitrogens is 9. The van der Waals surface area contributed by atoms with Gasteiger partial charge in [0.15, 0.2) is 0 Å². The zero-order valence-electron chi connectivity index (χ0n) is 36.1. The van der Waals surface area contributed by atoms with E-state index in [1.54, 1.807) is 90.5 Å². The fraction of sp³-hybridized carbons (Fsp3) is 0.268. The second-order valence-corrected chi connectivity index (χ2v) is 17.9.